The highest BCUT2D eigenvalue weighted by atomic mass is 32.2. The van der Waals surface area contributed by atoms with E-state index in [2.05, 4.69) is 21.3 Å². The number of carbonyl (C=O) groups excluding carboxylic acids is 2. The molecular formula is C22H27N3O2S2. The molecule has 5 heterocycles. The molecule has 2 atom stereocenters. The molecule has 1 N–H and O–H groups in total. The Kier molecular flexibility index (Phi) is 6.08. The maximum absolute atomic E-state index is 13.3. The average molecular weight is 430 g/mol. The zero-order valence-corrected chi connectivity index (χ0v) is 18.7. The molecule has 0 spiro atoms. The Labute approximate surface area is 180 Å². The summed E-state index contributed by atoms with van der Waals surface area (Å²) < 4.78 is 0.931. The lowest BCUT2D eigenvalue weighted by atomic mass is 9.76. The van der Waals surface area contributed by atoms with Crippen molar-refractivity contribution < 1.29 is 9.59 Å². The number of hydrogen-bond acceptors (Lipinski definition) is 6. The molecule has 0 unspecified atom stereocenters. The van der Waals surface area contributed by atoms with Crippen LogP contribution in [0.5, 0.6) is 0 Å². The zero-order valence-electron chi connectivity index (χ0n) is 17.1. The van der Waals surface area contributed by atoms with Crippen LogP contribution in [0.2, 0.25) is 0 Å². The van der Waals surface area contributed by atoms with E-state index in [0.717, 1.165) is 42.1 Å². The van der Waals surface area contributed by atoms with E-state index >= 15 is 0 Å². The van der Waals surface area contributed by atoms with E-state index in [-0.39, 0.29) is 17.7 Å². The minimum absolute atomic E-state index is 0.0273. The van der Waals surface area contributed by atoms with Crippen LogP contribution in [0.4, 0.5) is 0 Å². The molecule has 29 heavy (non-hydrogen) atoms. The SMILES string of the molecule is CSc1sc(C(=O)N[C@H]2C3CCN(CC3)[C@@H]2Cc2cccnc2)c(C)c1C(C)=O. The third-order valence-electron chi connectivity index (χ3n) is 6.29. The number of nitrogens with one attached hydrogen (secondary N) is 1. The molecule has 154 valence electrons. The molecule has 3 aliphatic rings. The zero-order chi connectivity index (χ0) is 20.5. The van der Waals surface area contributed by atoms with E-state index < -0.39 is 0 Å². The number of piperidine rings is 3. The first-order valence-corrected chi connectivity index (χ1v) is 12.2. The van der Waals surface area contributed by atoms with Crippen molar-refractivity contribution in [1.29, 1.82) is 0 Å². The molecule has 2 aromatic heterocycles. The Morgan fingerprint density at radius 2 is 2.10 bits per heavy atom. The van der Waals surface area contributed by atoms with E-state index in [0.29, 0.717) is 22.4 Å². The van der Waals surface area contributed by atoms with Gasteiger partial charge in [-0.15, -0.1) is 23.1 Å². The number of aromatic nitrogens is 1. The van der Waals surface area contributed by atoms with Gasteiger partial charge in [-0.05, 0) is 75.6 Å². The summed E-state index contributed by atoms with van der Waals surface area (Å²) >= 11 is 2.98. The number of carbonyl (C=O) groups is 2. The summed E-state index contributed by atoms with van der Waals surface area (Å²) in [6, 6.07) is 4.51. The van der Waals surface area contributed by atoms with E-state index in [1.165, 1.54) is 28.7 Å². The number of fused-ring (bicyclic) bond motifs is 3. The van der Waals surface area contributed by atoms with Crippen molar-refractivity contribution in [2.24, 2.45) is 5.92 Å². The average Bonchev–Trinajstić information content (AvgIpc) is 3.08. The molecule has 2 aromatic rings. The molecule has 2 bridgehead atoms. The van der Waals surface area contributed by atoms with E-state index in [1.54, 1.807) is 13.1 Å². The third kappa shape index (κ3) is 4.00. The second kappa shape index (κ2) is 8.58. The Balaban J connectivity index is 1.58. The fraction of sp³-hybridized carbons (Fsp3) is 0.500. The highest BCUT2D eigenvalue weighted by Gasteiger charge is 2.43. The fourth-order valence-corrected chi connectivity index (χ4v) is 6.93. The van der Waals surface area contributed by atoms with Crippen LogP contribution in [0.3, 0.4) is 0 Å². The number of ketones is 1. The summed E-state index contributed by atoms with van der Waals surface area (Å²) in [5.41, 5.74) is 2.73. The number of amides is 1. The van der Waals surface area contributed by atoms with Gasteiger partial charge in [-0.3, -0.25) is 19.5 Å². The van der Waals surface area contributed by atoms with Crippen molar-refractivity contribution in [2.75, 3.05) is 19.3 Å². The van der Waals surface area contributed by atoms with Crippen LogP contribution in [0.25, 0.3) is 0 Å². The minimum atomic E-state index is -0.0368. The molecule has 0 aromatic carbocycles. The largest absolute Gasteiger partial charge is 0.347 e. The number of thioether (sulfide) groups is 1. The second-order valence-electron chi connectivity index (χ2n) is 7.98. The first-order valence-electron chi connectivity index (χ1n) is 10.1. The summed E-state index contributed by atoms with van der Waals surface area (Å²) in [5, 5.41) is 3.37. The summed E-state index contributed by atoms with van der Waals surface area (Å²) in [7, 11) is 0. The molecule has 0 saturated carbocycles. The number of pyridine rings is 1. The van der Waals surface area contributed by atoms with Crippen LogP contribution < -0.4 is 5.32 Å². The van der Waals surface area contributed by atoms with Gasteiger partial charge in [-0.25, -0.2) is 0 Å². The lowest BCUT2D eigenvalue weighted by Crippen LogP contribution is -2.64. The van der Waals surface area contributed by atoms with Gasteiger partial charge in [0.15, 0.2) is 5.78 Å². The lowest BCUT2D eigenvalue weighted by Gasteiger charge is -2.51. The number of hydrogen-bond donors (Lipinski definition) is 1. The topological polar surface area (TPSA) is 62.3 Å². The minimum Gasteiger partial charge on any atom is -0.347 e. The van der Waals surface area contributed by atoms with Crippen LogP contribution in [-0.2, 0) is 6.42 Å². The van der Waals surface area contributed by atoms with Gasteiger partial charge >= 0.3 is 0 Å². The van der Waals surface area contributed by atoms with Crippen molar-refractivity contribution in [3.05, 3.63) is 46.1 Å². The normalized spacial score (nSPS) is 25.8. The van der Waals surface area contributed by atoms with Crippen molar-refractivity contribution in [1.82, 2.24) is 15.2 Å². The van der Waals surface area contributed by atoms with Crippen LogP contribution in [0.15, 0.2) is 28.7 Å². The highest BCUT2D eigenvalue weighted by Crippen LogP contribution is 2.37. The van der Waals surface area contributed by atoms with E-state index in [4.69, 9.17) is 0 Å². The first kappa shape index (κ1) is 20.6. The van der Waals surface area contributed by atoms with Crippen LogP contribution in [-0.4, -0.2) is 53.0 Å². The van der Waals surface area contributed by atoms with Gasteiger partial charge in [0.2, 0.25) is 0 Å². The Bertz CT molecular complexity index is 904. The molecule has 5 nitrogen and oxygen atoms in total. The van der Waals surface area contributed by atoms with Crippen molar-refractivity contribution in [2.45, 2.75) is 49.4 Å². The Morgan fingerprint density at radius 1 is 1.34 bits per heavy atom. The predicted molar refractivity (Wildman–Crippen MR) is 118 cm³/mol. The summed E-state index contributed by atoms with van der Waals surface area (Å²) in [5.74, 6) is 0.503. The maximum Gasteiger partial charge on any atom is 0.261 e. The maximum atomic E-state index is 13.3. The van der Waals surface area contributed by atoms with Gasteiger partial charge in [0.25, 0.3) is 5.91 Å². The van der Waals surface area contributed by atoms with Gasteiger partial charge < -0.3 is 5.32 Å². The van der Waals surface area contributed by atoms with E-state index in [9.17, 15) is 9.59 Å². The molecule has 7 heteroatoms. The van der Waals surface area contributed by atoms with Gasteiger partial charge in [-0.1, -0.05) is 6.07 Å². The standard InChI is InChI=1S/C22H27N3O2S2/c1-13-18(14(2)26)22(28-3)29-20(13)21(27)24-19-16-6-9-25(10-7-16)17(19)11-15-5-4-8-23-12-15/h4-5,8,12,16-17,19H,6-7,9-11H2,1-3H3,(H,24,27)/t17-,19+/m1/s1. The smallest absolute Gasteiger partial charge is 0.261 e. The molecule has 3 fully saturated rings. The Morgan fingerprint density at radius 3 is 2.69 bits per heavy atom. The highest BCUT2D eigenvalue weighted by molar-refractivity contribution is 8.00. The number of nitrogens with zero attached hydrogens (tertiary/aromatic N) is 2. The second-order valence-corrected chi connectivity index (χ2v) is 10.1. The summed E-state index contributed by atoms with van der Waals surface area (Å²) in [6.07, 6.45) is 8.84. The first-order chi connectivity index (χ1) is 14.0. The summed E-state index contributed by atoms with van der Waals surface area (Å²) in [4.78, 5) is 32.8. The summed E-state index contributed by atoms with van der Waals surface area (Å²) in [6.45, 7) is 5.68. The van der Waals surface area contributed by atoms with Gasteiger partial charge in [0.1, 0.15) is 0 Å². The molecule has 0 aliphatic carbocycles. The van der Waals surface area contributed by atoms with Crippen molar-refractivity contribution >= 4 is 34.8 Å². The molecule has 3 aliphatic heterocycles. The van der Waals surface area contributed by atoms with Gasteiger partial charge in [0.05, 0.1) is 9.09 Å². The number of thiophene rings is 1. The van der Waals surface area contributed by atoms with Crippen molar-refractivity contribution in [3.8, 4) is 0 Å². The van der Waals surface area contributed by atoms with Gasteiger partial charge in [-0.2, -0.15) is 0 Å². The van der Waals surface area contributed by atoms with E-state index in [1.807, 2.05) is 25.4 Å². The fourth-order valence-electron chi connectivity index (χ4n) is 4.85. The lowest BCUT2D eigenvalue weighted by molar-refractivity contribution is 0.0136. The molecule has 5 rings (SSSR count). The number of rotatable bonds is 6. The number of Topliss-reactive ketones (excluding diaryl/α,β-unsaturated/α-hetero) is 1. The third-order valence-corrected chi connectivity index (χ3v) is 8.70. The molecule has 1 amide bonds. The monoisotopic (exact) mass is 429 g/mol. The molecule has 0 radical (unpaired) electrons. The van der Waals surface area contributed by atoms with Crippen LogP contribution >= 0.6 is 23.1 Å². The van der Waals surface area contributed by atoms with Crippen molar-refractivity contribution in [3.63, 3.8) is 0 Å². The Hall–Kier alpha value is -1.70. The van der Waals surface area contributed by atoms with Crippen LogP contribution in [0.1, 0.15) is 50.9 Å². The quantitative estimate of drug-likeness (QED) is 0.559. The molecule has 3 saturated heterocycles. The van der Waals surface area contributed by atoms with Gasteiger partial charge in [0, 0.05) is 30.0 Å². The van der Waals surface area contributed by atoms with Crippen LogP contribution in [0, 0.1) is 12.8 Å². The predicted octanol–water partition coefficient (Wildman–Crippen LogP) is 3.81. The molecular weight excluding hydrogens is 402 g/mol.